The van der Waals surface area contributed by atoms with Gasteiger partial charge in [-0.25, -0.2) is 14.2 Å². The van der Waals surface area contributed by atoms with Gasteiger partial charge in [-0.2, -0.15) is 10.2 Å². The van der Waals surface area contributed by atoms with Gasteiger partial charge in [0.2, 0.25) is 0 Å². The van der Waals surface area contributed by atoms with Crippen LogP contribution >= 0.6 is 0 Å². The summed E-state index contributed by atoms with van der Waals surface area (Å²) in [7, 11) is 1.88. The molecule has 0 spiro atoms. The number of benzene rings is 1. The van der Waals surface area contributed by atoms with Crippen LogP contribution < -0.4 is 9.64 Å². The highest BCUT2D eigenvalue weighted by molar-refractivity contribution is 5.96. The fourth-order valence-electron chi connectivity index (χ4n) is 5.02. The number of rotatable bonds is 6. The zero-order chi connectivity index (χ0) is 27.7. The summed E-state index contributed by atoms with van der Waals surface area (Å²) in [6.07, 6.45) is 8.59. The van der Waals surface area contributed by atoms with E-state index in [1.165, 1.54) is 12.1 Å². The molecule has 39 heavy (non-hydrogen) atoms. The summed E-state index contributed by atoms with van der Waals surface area (Å²) >= 11 is 0. The number of carbonyl (C=O) groups is 1. The molecule has 4 aromatic rings. The number of pyridine rings is 1. The van der Waals surface area contributed by atoms with Crippen LogP contribution in [0.1, 0.15) is 59.4 Å². The molecule has 1 fully saturated rings. The lowest BCUT2D eigenvalue weighted by molar-refractivity contribution is 0.0581. The van der Waals surface area contributed by atoms with E-state index in [-0.39, 0.29) is 18.0 Å². The lowest BCUT2D eigenvalue weighted by Crippen LogP contribution is -2.37. The number of hydrogen-bond donors (Lipinski definition) is 0. The molecule has 0 aliphatic heterocycles. The van der Waals surface area contributed by atoms with Gasteiger partial charge in [0.1, 0.15) is 28.7 Å². The van der Waals surface area contributed by atoms with Crippen molar-refractivity contribution in [3.63, 3.8) is 0 Å². The van der Waals surface area contributed by atoms with Crippen LogP contribution in [-0.2, 0) is 11.8 Å². The fourth-order valence-corrected chi connectivity index (χ4v) is 5.02. The first-order valence-corrected chi connectivity index (χ1v) is 13.4. The molecule has 1 aromatic carbocycles. The molecule has 1 saturated carbocycles. The van der Waals surface area contributed by atoms with Gasteiger partial charge in [-0.3, -0.25) is 14.3 Å². The van der Waals surface area contributed by atoms with Crippen LogP contribution in [0.15, 0.2) is 48.9 Å². The summed E-state index contributed by atoms with van der Waals surface area (Å²) in [5.41, 5.74) is 2.01. The number of carbonyl (C=O) groups excluding carboxylic acids is 1. The van der Waals surface area contributed by atoms with E-state index in [9.17, 15) is 9.18 Å². The maximum absolute atomic E-state index is 13.3. The first kappa shape index (κ1) is 26.6. The van der Waals surface area contributed by atoms with Crippen LogP contribution in [0.2, 0.25) is 0 Å². The Morgan fingerprint density at radius 2 is 1.85 bits per heavy atom. The molecule has 0 atom stereocenters. The first-order chi connectivity index (χ1) is 18.6. The third-order valence-corrected chi connectivity index (χ3v) is 6.87. The zero-order valence-corrected chi connectivity index (χ0v) is 23.1. The molecule has 5 rings (SSSR count). The molecule has 1 aliphatic carbocycles. The van der Waals surface area contributed by atoms with Crippen LogP contribution in [0.3, 0.4) is 0 Å². The number of hydrogen-bond acceptors (Lipinski definition) is 6. The van der Waals surface area contributed by atoms with Crippen LogP contribution in [0, 0.1) is 5.82 Å². The highest BCUT2D eigenvalue weighted by Gasteiger charge is 2.29. The van der Waals surface area contributed by atoms with E-state index in [4.69, 9.17) is 14.6 Å². The van der Waals surface area contributed by atoms with Crippen molar-refractivity contribution in [3.8, 4) is 17.0 Å². The Morgan fingerprint density at radius 3 is 2.46 bits per heavy atom. The van der Waals surface area contributed by atoms with Crippen molar-refractivity contribution in [2.75, 3.05) is 11.4 Å². The van der Waals surface area contributed by atoms with Crippen molar-refractivity contribution >= 4 is 22.8 Å². The lowest BCUT2D eigenvalue weighted by atomic mass is 9.93. The van der Waals surface area contributed by atoms with E-state index in [1.54, 1.807) is 34.1 Å². The van der Waals surface area contributed by atoms with Crippen molar-refractivity contribution in [2.24, 2.45) is 7.05 Å². The minimum absolute atomic E-state index is 0.0614. The van der Waals surface area contributed by atoms with Crippen molar-refractivity contribution < 1.29 is 18.7 Å². The SMILES string of the molecule is CCN(C(=O)OC(C)(C)C)c1cc2c(cn1)c(-c1cnn(C)c1)nn2[C@H]1CC[C@H](Oc2ccc(F)cc2)CC1. The topological polar surface area (TPSA) is 87.3 Å². The molecule has 3 aromatic heterocycles. The highest BCUT2D eigenvalue weighted by atomic mass is 19.1. The van der Waals surface area contributed by atoms with Crippen molar-refractivity contribution in [1.29, 1.82) is 0 Å². The molecule has 206 valence electrons. The van der Waals surface area contributed by atoms with Crippen LogP contribution in [0.25, 0.3) is 22.2 Å². The molecule has 0 saturated heterocycles. The molecule has 1 amide bonds. The van der Waals surface area contributed by atoms with E-state index in [0.29, 0.717) is 18.1 Å². The van der Waals surface area contributed by atoms with Crippen LogP contribution in [0.4, 0.5) is 15.0 Å². The second-order valence-electron chi connectivity index (χ2n) is 11.0. The Labute approximate surface area is 227 Å². The largest absolute Gasteiger partial charge is 0.490 e. The summed E-state index contributed by atoms with van der Waals surface area (Å²) in [5.74, 6) is 0.926. The second-order valence-corrected chi connectivity index (χ2v) is 11.0. The van der Waals surface area contributed by atoms with E-state index >= 15 is 0 Å². The number of nitrogens with zero attached hydrogens (tertiary/aromatic N) is 6. The van der Waals surface area contributed by atoms with Gasteiger partial charge in [-0.05, 0) is 77.6 Å². The second kappa shape index (κ2) is 10.7. The number of halogens is 1. The molecular formula is C29H35FN6O3. The third-order valence-electron chi connectivity index (χ3n) is 6.87. The quantitative estimate of drug-likeness (QED) is 0.289. The van der Waals surface area contributed by atoms with Gasteiger partial charge in [0.05, 0.1) is 23.9 Å². The maximum atomic E-state index is 13.3. The number of amides is 1. The van der Waals surface area contributed by atoms with E-state index in [1.807, 2.05) is 47.0 Å². The van der Waals surface area contributed by atoms with E-state index < -0.39 is 11.7 Å². The molecule has 10 heteroatoms. The molecule has 9 nitrogen and oxygen atoms in total. The average molecular weight is 535 g/mol. The fraction of sp³-hybridized carbons (Fsp3) is 0.448. The predicted octanol–water partition coefficient (Wildman–Crippen LogP) is 6.30. The third kappa shape index (κ3) is 5.89. The Kier molecular flexibility index (Phi) is 7.29. The van der Waals surface area contributed by atoms with Gasteiger partial charge in [0.15, 0.2) is 0 Å². The van der Waals surface area contributed by atoms with Gasteiger partial charge < -0.3 is 9.47 Å². The highest BCUT2D eigenvalue weighted by Crippen LogP contribution is 2.37. The summed E-state index contributed by atoms with van der Waals surface area (Å²) < 4.78 is 28.8. The van der Waals surface area contributed by atoms with Gasteiger partial charge in [-0.15, -0.1) is 0 Å². The molecular weight excluding hydrogens is 499 g/mol. The summed E-state index contributed by atoms with van der Waals surface area (Å²) in [4.78, 5) is 19.1. The minimum Gasteiger partial charge on any atom is -0.490 e. The maximum Gasteiger partial charge on any atom is 0.415 e. The van der Waals surface area contributed by atoms with Crippen molar-refractivity contribution in [3.05, 3.63) is 54.7 Å². The van der Waals surface area contributed by atoms with Gasteiger partial charge in [-0.1, -0.05) is 0 Å². The summed E-state index contributed by atoms with van der Waals surface area (Å²) in [5, 5.41) is 10.3. The van der Waals surface area contributed by atoms with Gasteiger partial charge >= 0.3 is 6.09 Å². The monoisotopic (exact) mass is 534 g/mol. The number of fused-ring (bicyclic) bond motifs is 1. The van der Waals surface area contributed by atoms with E-state index in [0.717, 1.165) is 47.8 Å². The molecule has 1 aliphatic rings. The summed E-state index contributed by atoms with van der Waals surface area (Å²) in [6, 6.07) is 8.25. The molecule has 0 N–H and O–H groups in total. The molecule has 0 bridgehead atoms. The van der Waals surface area contributed by atoms with Crippen LogP contribution in [0.5, 0.6) is 5.75 Å². The zero-order valence-electron chi connectivity index (χ0n) is 23.1. The number of anilines is 1. The van der Waals surface area contributed by atoms with E-state index in [2.05, 4.69) is 14.8 Å². The Balaban J connectivity index is 1.45. The standard InChI is InChI=1S/C29H35FN6O3/c1-6-35(28(37)39-29(2,3)4)26-15-25-24(17-31-26)27(19-16-32-34(5)18-19)33-36(25)21-9-13-23(14-10-21)38-22-11-7-20(30)8-12-22/h7-8,11-12,15-18,21,23H,6,9-10,13-14H2,1-5H3/t21-,23-. The Bertz CT molecular complexity index is 1450. The normalized spacial score (nSPS) is 17.8. The smallest absolute Gasteiger partial charge is 0.415 e. The summed E-state index contributed by atoms with van der Waals surface area (Å²) in [6.45, 7) is 7.86. The lowest BCUT2D eigenvalue weighted by Gasteiger charge is -2.30. The number of aromatic nitrogens is 5. The number of ether oxygens (including phenoxy) is 2. The molecule has 3 heterocycles. The van der Waals surface area contributed by atoms with Crippen molar-refractivity contribution in [2.45, 2.75) is 71.1 Å². The van der Waals surface area contributed by atoms with Crippen molar-refractivity contribution in [1.82, 2.24) is 24.5 Å². The minimum atomic E-state index is -0.613. The average Bonchev–Trinajstić information content (AvgIpc) is 3.48. The van der Waals surface area contributed by atoms with Crippen LogP contribution in [-0.4, -0.2) is 48.9 Å². The Hall–Kier alpha value is -3.95. The van der Waals surface area contributed by atoms with Gasteiger partial charge in [0, 0.05) is 43.0 Å². The first-order valence-electron chi connectivity index (χ1n) is 13.4. The Morgan fingerprint density at radius 1 is 1.13 bits per heavy atom. The van der Waals surface area contributed by atoms with Gasteiger partial charge in [0.25, 0.3) is 0 Å². The molecule has 0 radical (unpaired) electrons. The predicted molar refractivity (Wildman–Crippen MR) is 147 cm³/mol. The number of aryl methyl sites for hydroxylation is 1. The molecule has 0 unspecified atom stereocenters.